The van der Waals surface area contributed by atoms with Crippen molar-refractivity contribution >= 4 is 34.9 Å². The Balaban J connectivity index is 2.26. The number of hydrogen-bond donors (Lipinski definition) is 0. The number of rotatable bonds is 7. The Labute approximate surface area is 172 Å². The Morgan fingerprint density at radius 2 is 1.93 bits per heavy atom. The van der Waals surface area contributed by atoms with E-state index in [0.717, 1.165) is 23.7 Å². The van der Waals surface area contributed by atoms with Crippen molar-refractivity contribution in [2.75, 3.05) is 6.61 Å². The van der Waals surface area contributed by atoms with Crippen LogP contribution in [0.25, 0.3) is 0 Å². The Hall–Kier alpha value is -2.78. The summed E-state index contributed by atoms with van der Waals surface area (Å²) >= 11 is 11.1. The number of esters is 1. The summed E-state index contributed by atoms with van der Waals surface area (Å²) in [5, 5.41) is 10.9. The van der Waals surface area contributed by atoms with Crippen LogP contribution in [-0.4, -0.2) is 17.5 Å². The van der Waals surface area contributed by atoms with Gasteiger partial charge in [0.15, 0.2) is 0 Å². The molecule has 0 aromatic heterocycles. The van der Waals surface area contributed by atoms with E-state index in [4.69, 9.17) is 32.7 Å². The molecule has 0 N–H and O–H groups in total. The van der Waals surface area contributed by atoms with Crippen LogP contribution in [0, 0.1) is 10.1 Å². The van der Waals surface area contributed by atoms with Gasteiger partial charge in [0.25, 0.3) is 5.69 Å². The van der Waals surface area contributed by atoms with Gasteiger partial charge in [-0.3, -0.25) is 14.9 Å². The molecule has 0 aliphatic carbocycles. The van der Waals surface area contributed by atoms with Crippen molar-refractivity contribution in [3.8, 4) is 11.5 Å². The van der Waals surface area contributed by atoms with E-state index >= 15 is 0 Å². The largest absolute Gasteiger partial charge is 0.461 e. The molecule has 2 aromatic rings. The van der Waals surface area contributed by atoms with E-state index in [2.05, 4.69) is 0 Å². The van der Waals surface area contributed by atoms with Crippen molar-refractivity contribution in [3.05, 3.63) is 74.3 Å². The molecule has 0 saturated carbocycles. The van der Waals surface area contributed by atoms with Crippen molar-refractivity contribution in [1.82, 2.24) is 0 Å². The molecule has 0 spiro atoms. The van der Waals surface area contributed by atoms with Crippen LogP contribution in [0.3, 0.4) is 0 Å². The minimum Gasteiger partial charge on any atom is -0.461 e. The van der Waals surface area contributed by atoms with E-state index in [1.165, 1.54) is 18.2 Å². The summed E-state index contributed by atoms with van der Waals surface area (Å²) in [6, 6.07) is 6.07. The highest BCUT2D eigenvalue weighted by atomic mass is 35.5. The lowest BCUT2D eigenvalue weighted by Crippen LogP contribution is -2.09. The topological polar surface area (TPSA) is 78.7 Å². The third-order valence-corrected chi connectivity index (χ3v) is 3.97. The summed E-state index contributed by atoms with van der Waals surface area (Å²) in [6.45, 7) is -0.104. The standard InChI is InChI=1S/C18H12Cl2F3NO5/c19-6-1-7-28-17(25)9-11-8-13(3-4-15(11)24(26)27)29-16-5-2-12(10-14(16)20)18(21,22)23/h1-6,8,10H,7,9H2/b6-1+. The number of carbonyl (C=O) groups excluding carboxylic acids is 1. The zero-order valence-corrected chi connectivity index (χ0v) is 15.9. The average Bonchev–Trinajstić information content (AvgIpc) is 2.62. The molecule has 2 aromatic carbocycles. The Bertz CT molecular complexity index is 948. The third kappa shape index (κ3) is 6.37. The van der Waals surface area contributed by atoms with Crippen LogP contribution >= 0.6 is 23.2 Å². The van der Waals surface area contributed by atoms with Gasteiger partial charge in [-0.15, -0.1) is 0 Å². The van der Waals surface area contributed by atoms with Crippen molar-refractivity contribution in [2.24, 2.45) is 0 Å². The zero-order chi connectivity index (χ0) is 21.6. The molecule has 0 radical (unpaired) electrons. The fraction of sp³-hybridized carbons (Fsp3) is 0.167. The molecule has 0 heterocycles. The molecule has 29 heavy (non-hydrogen) atoms. The van der Waals surface area contributed by atoms with Gasteiger partial charge >= 0.3 is 12.1 Å². The van der Waals surface area contributed by atoms with E-state index in [0.29, 0.717) is 6.07 Å². The van der Waals surface area contributed by atoms with E-state index in [1.54, 1.807) is 0 Å². The molecule has 11 heteroatoms. The maximum absolute atomic E-state index is 12.7. The van der Waals surface area contributed by atoms with Gasteiger partial charge in [-0.05, 0) is 36.4 Å². The van der Waals surface area contributed by atoms with Crippen molar-refractivity contribution in [3.63, 3.8) is 0 Å². The average molecular weight is 450 g/mol. The van der Waals surface area contributed by atoms with E-state index in [9.17, 15) is 28.1 Å². The third-order valence-electron chi connectivity index (χ3n) is 3.50. The first kappa shape index (κ1) is 22.5. The van der Waals surface area contributed by atoms with Crippen LogP contribution in [0.2, 0.25) is 5.02 Å². The Morgan fingerprint density at radius 3 is 2.52 bits per heavy atom. The Kier molecular flexibility index (Phi) is 7.46. The minimum atomic E-state index is -4.57. The first-order chi connectivity index (χ1) is 13.6. The second-order valence-electron chi connectivity index (χ2n) is 5.51. The van der Waals surface area contributed by atoms with Crippen LogP contribution < -0.4 is 4.74 Å². The van der Waals surface area contributed by atoms with Gasteiger partial charge in [-0.1, -0.05) is 23.2 Å². The second kappa shape index (κ2) is 9.62. The molecule has 0 amide bonds. The molecule has 0 saturated heterocycles. The number of alkyl halides is 3. The lowest BCUT2D eigenvalue weighted by atomic mass is 10.1. The number of ether oxygens (including phenoxy) is 2. The van der Waals surface area contributed by atoms with Crippen molar-refractivity contribution < 1.29 is 32.4 Å². The summed E-state index contributed by atoms with van der Waals surface area (Å²) in [5.41, 5.74) is -0.151. The lowest BCUT2D eigenvalue weighted by molar-refractivity contribution is -0.385. The van der Waals surface area contributed by atoms with Crippen LogP contribution in [0.5, 0.6) is 11.5 Å². The lowest BCUT2D eigenvalue weighted by Gasteiger charge is -2.12. The van der Waals surface area contributed by atoms with Gasteiger partial charge in [0.05, 0.1) is 21.9 Å². The van der Waals surface area contributed by atoms with Gasteiger partial charge in [0.1, 0.15) is 18.1 Å². The molecule has 0 unspecified atom stereocenters. The van der Waals surface area contributed by atoms with E-state index in [-0.39, 0.29) is 34.4 Å². The summed E-state index contributed by atoms with van der Waals surface area (Å²) in [4.78, 5) is 22.3. The van der Waals surface area contributed by atoms with Crippen LogP contribution in [-0.2, 0) is 22.1 Å². The minimum absolute atomic E-state index is 0.00427. The maximum atomic E-state index is 12.7. The number of nitrogens with zero attached hydrogens (tertiary/aromatic N) is 1. The van der Waals surface area contributed by atoms with Crippen LogP contribution in [0.1, 0.15) is 11.1 Å². The number of hydrogen-bond acceptors (Lipinski definition) is 5. The number of carbonyl (C=O) groups is 1. The summed E-state index contributed by atoms with van der Waals surface area (Å²) < 4.78 is 48.4. The molecule has 0 fully saturated rings. The SMILES string of the molecule is O=C(Cc1cc(Oc2ccc(C(F)(F)F)cc2Cl)ccc1[N+](=O)[O-])OC/C=C/Cl. The molecule has 0 bridgehead atoms. The molecular formula is C18H12Cl2F3NO5. The maximum Gasteiger partial charge on any atom is 0.416 e. The van der Waals surface area contributed by atoms with Gasteiger partial charge < -0.3 is 9.47 Å². The normalized spacial score (nSPS) is 11.5. The van der Waals surface area contributed by atoms with Gasteiger partial charge in [-0.2, -0.15) is 13.2 Å². The van der Waals surface area contributed by atoms with Crippen LogP contribution in [0.4, 0.5) is 18.9 Å². The number of nitro benzene ring substituents is 1. The highest BCUT2D eigenvalue weighted by molar-refractivity contribution is 6.32. The monoisotopic (exact) mass is 449 g/mol. The highest BCUT2D eigenvalue weighted by Crippen LogP contribution is 2.37. The van der Waals surface area contributed by atoms with Crippen LogP contribution in [0.15, 0.2) is 48.0 Å². The number of halogens is 5. The fourth-order valence-corrected chi connectivity index (χ4v) is 2.51. The fourth-order valence-electron chi connectivity index (χ4n) is 2.22. The molecule has 0 atom stereocenters. The highest BCUT2D eigenvalue weighted by Gasteiger charge is 2.31. The van der Waals surface area contributed by atoms with Gasteiger partial charge in [0.2, 0.25) is 0 Å². The predicted molar refractivity (Wildman–Crippen MR) is 99.3 cm³/mol. The molecule has 6 nitrogen and oxygen atoms in total. The van der Waals surface area contributed by atoms with E-state index in [1.807, 2.05) is 0 Å². The molecular weight excluding hydrogens is 438 g/mol. The second-order valence-corrected chi connectivity index (χ2v) is 6.17. The van der Waals surface area contributed by atoms with Crippen molar-refractivity contribution in [1.29, 1.82) is 0 Å². The predicted octanol–water partition coefficient (Wildman–Crippen LogP) is 5.90. The molecule has 0 aliphatic rings. The van der Waals surface area contributed by atoms with Gasteiger partial charge in [0, 0.05) is 17.2 Å². The first-order valence-electron chi connectivity index (χ1n) is 7.84. The van der Waals surface area contributed by atoms with Crippen molar-refractivity contribution in [2.45, 2.75) is 12.6 Å². The van der Waals surface area contributed by atoms with E-state index < -0.39 is 29.1 Å². The smallest absolute Gasteiger partial charge is 0.416 e. The number of nitro groups is 1. The quantitative estimate of drug-likeness (QED) is 0.298. The molecule has 0 aliphatic heterocycles. The molecule has 154 valence electrons. The summed E-state index contributed by atoms with van der Waals surface area (Å²) in [6.07, 6.45) is -3.63. The zero-order valence-electron chi connectivity index (χ0n) is 14.4. The first-order valence-corrected chi connectivity index (χ1v) is 8.66. The Morgan fingerprint density at radius 1 is 1.21 bits per heavy atom. The molecule has 2 rings (SSSR count). The summed E-state index contributed by atoms with van der Waals surface area (Å²) in [7, 11) is 0. The summed E-state index contributed by atoms with van der Waals surface area (Å²) in [5.74, 6) is -0.789. The van der Waals surface area contributed by atoms with Gasteiger partial charge in [-0.25, -0.2) is 0 Å². The number of benzene rings is 2.